The standard InChI is InChI=1S/C73H113F7N12O13/c1-13-43(5)60-68(102)86(8)42-58(95)88(10)52-25-18-17-21-34-91(67(52)101)55(37-44-28-32-72(76,77)33-29-44)66(100)85(7)41-56(93)81-50(27-26-45-35-48(74)59(49(75)36-45)73(78,79)80)64(98)92-40-47(105-16-4)38-53(92)63(97)83-71(30-22-31-71)70(104)90(12)61(46-23-19-20-24-46)69(103)89(11)54(65(99)84(6)15-3)39-57(94)87(9)51(14-2)62(96)82-60/h17-18,43-55,59-61H,13-16,19-42H2,1-12H3,(H,81,93)(H,82,96)(H,83,97)/b18-17-/t43-,45?,47+,48?,49?,50-,51-,52-,53-,54-,55-,59?,60-,61-/m0/s1. The quantitative estimate of drug-likeness (QED) is 0.151. The molecule has 105 heavy (non-hydrogen) atoms. The summed E-state index contributed by atoms with van der Waals surface area (Å²) in [6.07, 6.45) is -8.91. The van der Waals surface area contributed by atoms with Gasteiger partial charge >= 0.3 is 6.18 Å². The van der Waals surface area contributed by atoms with Gasteiger partial charge in [-0.05, 0) is 134 Å². The number of hydrogen-bond donors (Lipinski definition) is 3. The number of nitrogens with one attached hydrogen (secondary N) is 3. The summed E-state index contributed by atoms with van der Waals surface area (Å²) in [6, 6.07) is -11.2. The van der Waals surface area contributed by atoms with Gasteiger partial charge in [-0.1, -0.05) is 52.2 Å². The van der Waals surface area contributed by atoms with Gasteiger partial charge in [-0.15, -0.1) is 0 Å². The maximum atomic E-state index is 15.5. The van der Waals surface area contributed by atoms with Crippen LogP contribution in [0.25, 0.3) is 0 Å². The summed E-state index contributed by atoms with van der Waals surface area (Å²) >= 11 is 0. The third-order valence-electron chi connectivity index (χ3n) is 23.5. The Morgan fingerprint density at radius 1 is 0.667 bits per heavy atom. The molecule has 2 bridgehead atoms. The number of likely N-dealkylation sites (N-methyl/N-ethyl adjacent to an activating group) is 7. The average molecular weight is 1500 g/mol. The van der Waals surface area contributed by atoms with E-state index >= 15 is 37.5 Å². The number of fused-ring (bicyclic) bond motifs is 3. The molecule has 0 aromatic heterocycles. The summed E-state index contributed by atoms with van der Waals surface area (Å²) in [6.45, 7) is 6.86. The largest absolute Gasteiger partial charge is 0.397 e. The first-order chi connectivity index (χ1) is 49.3. The zero-order valence-electron chi connectivity index (χ0n) is 63.2. The summed E-state index contributed by atoms with van der Waals surface area (Å²) in [5.74, 6) is -17.9. The lowest BCUT2D eigenvalue weighted by molar-refractivity contribution is -0.219. The van der Waals surface area contributed by atoms with Crippen LogP contribution in [0.15, 0.2) is 12.2 Å². The highest BCUT2D eigenvalue weighted by atomic mass is 19.4. The van der Waals surface area contributed by atoms with Crippen molar-refractivity contribution in [2.24, 2.45) is 29.6 Å². The summed E-state index contributed by atoms with van der Waals surface area (Å²) in [5, 5.41) is 8.39. The van der Waals surface area contributed by atoms with Gasteiger partial charge in [-0.25, -0.2) is 17.6 Å². The van der Waals surface area contributed by atoms with Gasteiger partial charge in [0, 0.05) is 94.8 Å². The molecule has 7 rings (SSSR count). The second kappa shape index (κ2) is 36.6. The van der Waals surface area contributed by atoms with Crippen molar-refractivity contribution in [3.63, 3.8) is 0 Å². The van der Waals surface area contributed by atoms with Gasteiger partial charge in [-0.2, -0.15) is 13.2 Å². The van der Waals surface area contributed by atoms with Crippen LogP contribution in [-0.4, -0.2) is 288 Å². The normalized spacial score (nSPS) is 31.6. The highest BCUT2D eigenvalue weighted by Gasteiger charge is 2.56. The number of rotatable bonds is 13. The van der Waals surface area contributed by atoms with Gasteiger partial charge in [0.05, 0.1) is 25.6 Å². The van der Waals surface area contributed by atoms with Crippen molar-refractivity contribution in [1.29, 1.82) is 0 Å². The molecule has 6 fully saturated rings. The molecule has 4 saturated carbocycles. The van der Waals surface area contributed by atoms with Crippen molar-refractivity contribution in [2.45, 2.75) is 260 Å². The number of nitrogens with zero attached hydrogens (tertiary/aromatic N) is 9. The minimum absolute atomic E-state index is 0.00986. The average Bonchev–Trinajstić information content (AvgIpc) is 1.71. The lowest BCUT2D eigenvalue weighted by atomic mass is 9.74. The summed E-state index contributed by atoms with van der Waals surface area (Å²) in [7, 11) is 9.54. The van der Waals surface area contributed by atoms with E-state index in [0.717, 1.165) is 29.4 Å². The van der Waals surface area contributed by atoms with Crippen molar-refractivity contribution in [3.8, 4) is 0 Å². The molecule has 592 valence electrons. The Labute approximate surface area is 612 Å². The van der Waals surface area contributed by atoms with E-state index in [4.69, 9.17) is 4.74 Å². The minimum Gasteiger partial charge on any atom is -0.377 e. The molecular formula is C73H113F7N12O13. The molecular weight excluding hydrogens is 1390 g/mol. The van der Waals surface area contributed by atoms with Crippen LogP contribution in [-0.2, 0) is 62.3 Å². The maximum absolute atomic E-state index is 15.5. The first-order valence-electron chi connectivity index (χ1n) is 37.7. The molecule has 0 radical (unpaired) electrons. The first kappa shape index (κ1) is 85.1. The predicted molar refractivity (Wildman–Crippen MR) is 372 cm³/mol. The van der Waals surface area contributed by atoms with Crippen molar-refractivity contribution in [3.05, 3.63) is 12.2 Å². The molecule has 25 nitrogen and oxygen atoms in total. The summed E-state index contributed by atoms with van der Waals surface area (Å²) < 4.78 is 108. The predicted octanol–water partition coefficient (Wildman–Crippen LogP) is 5.56. The molecule has 0 aromatic carbocycles. The van der Waals surface area contributed by atoms with Gasteiger partial charge < -0.3 is 64.8 Å². The molecule has 7 aliphatic rings. The van der Waals surface area contributed by atoms with Crippen molar-refractivity contribution in [1.82, 2.24) is 60.0 Å². The van der Waals surface area contributed by atoms with E-state index in [9.17, 15) is 50.7 Å². The van der Waals surface area contributed by atoms with Crippen LogP contribution in [0, 0.1) is 29.6 Å². The monoisotopic (exact) mass is 1500 g/mol. The molecule has 2 saturated heterocycles. The fraction of sp³-hybridized carbons (Fsp3) is 0.808. The Kier molecular flexibility index (Phi) is 29.7. The van der Waals surface area contributed by atoms with Gasteiger partial charge in [0.1, 0.15) is 72.1 Å². The molecule has 3 heterocycles. The van der Waals surface area contributed by atoms with E-state index in [1.54, 1.807) is 46.8 Å². The lowest BCUT2D eigenvalue weighted by Crippen LogP contribution is -2.68. The van der Waals surface area contributed by atoms with Crippen LogP contribution >= 0.6 is 0 Å². The molecule has 12 amide bonds. The van der Waals surface area contributed by atoms with E-state index in [1.165, 1.54) is 64.0 Å². The van der Waals surface area contributed by atoms with E-state index in [-0.39, 0.29) is 90.4 Å². The highest BCUT2D eigenvalue weighted by Crippen LogP contribution is 2.45. The molecule has 12 atom stereocenters. The molecule has 0 aromatic rings. The third kappa shape index (κ3) is 20.4. The van der Waals surface area contributed by atoms with Gasteiger partial charge in [0.25, 0.3) is 0 Å². The van der Waals surface area contributed by atoms with Crippen LogP contribution in [0.1, 0.15) is 176 Å². The maximum Gasteiger partial charge on any atom is 0.397 e. The lowest BCUT2D eigenvalue weighted by Gasteiger charge is -2.46. The van der Waals surface area contributed by atoms with E-state index < -0.39 is 237 Å². The van der Waals surface area contributed by atoms with Crippen LogP contribution < -0.4 is 16.0 Å². The second-order valence-electron chi connectivity index (χ2n) is 30.6. The molecule has 2 unspecified atom stereocenters. The van der Waals surface area contributed by atoms with Crippen LogP contribution in [0.4, 0.5) is 30.7 Å². The number of halogens is 7. The Balaban J connectivity index is 1.31. The highest BCUT2D eigenvalue weighted by molar-refractivity contribution is 6.01. The molecule has 3 N–H and O–H groups in total. The summed E-state index contributed by atoms with van der Waals surface area (Å²) in [4.78, 5) is 191. The van der Waals surface area contributed by atoms with E-state index in [0.29, 0.717) is 38.5 Å². The fourth-order valence-electron chi connectivity index (χ4n) is 16.5. The third-order valence-corrected chi connectivity index (χ3v) is 23.5. The molecule has 32 heteroatoms. The number of hydrogen-bond acceptors (Lipinski definition) is 13. The van der Waals surface area contributed by atoms with Crippen molar-refractivity contribution >= 4 is 70.9 Å². The molecule has 3 aliphatic heterocycles. The van der Waals surface area contributed by atoms with E-state index in [2.05, 4.69) is 16.0 Å². The Morgan fingerprint density at radius 2 is 1.30 bits per heavy atom. The number of alkyl halides is 7. The van der Waals surface area contributed by atoms with E-state index in [1.807, 2.05) is 0 Å². The smallest absolute Gasteiger partial charge is 0.377 e. The minimum atomic E-state index is -5.20. The zero-order chi connectivity index (χ0) is 77.9. The topological polar surface area (TPSA) is 279 Å². The van der Waals surface area contributed by atoms with Crippen molar-refractivity contribution in [2.75, 3.05) is 88.7 Å². The molecule has 1 spiro atoms. The van der Waals surface area contributed by atoms with Gasteiger partial charge in [-0.3, -0.25) is 57.5 Å². The van der Waals surface area contributed by atoms with Crippen LogP contribution in [0.5, 0.6) is 0 Å². The zero-order valence-corrected chi connectivity index (χ0v) is 63.2. The van der Waals surface area contributed by atoms with Crippen molar-refractivity contribution < 1.29 is 93.0 Å². The number of amides is 12. The van der Waals surface area contributed by atoms with Gasteiger partial charge in [0.2, 0.25) is 76.8 Å². The number of carbonyl (C=O) groups excluding carboxylic acids is 12. The Hall–Kier alpha value is -7.15. The first-order valence-corrected chi connectivity index (χ1v) is 37.7. The van der Waals surface area contributed by atoms with Crippen LogP contribution in [0.3, 0.4) is 0 Å². The number of ether oxygens (including phenoxy) is 1. The Morgan fingerprint density at radius 3 is 1.87 bits per heavy atom. The SMILES string of the molecule is CCO[C@@H]1C[C@H]2C(=O)NC3(CCC3)C(=O)N(C)[C@@H](C3CCCC3)C(=O)N(C)[C@H](C(=O)N(C)CC)CC(=O)N(C)[C@@H](CC)C(=O)N[C@@H]([C@@H](C)CC)C(=O)N(C)CC(=O)N(C)[C@H]3C/C=C\CCN(C3=O)[C@@H](CC3CCC(F)(F)CC3)C(=O)N(C)CC(=O)N[C@@H](CCC3CC(F)C(C(F)(F)F)C(F)C3)C(=O)N2C1. The second-order valence-corrected chi connectivity index (χ2v) is 30.6. The molecule has 4 aliphatic carbocycles. The fourth-order valence-corrected chi connectivity index (χ4v) is 16.5. The van der Waals surface area contributed by atoms with Gasteiger partial charge in [0.15, 0.2) is 0 Å². The Bertz CT molecular complexity index is 3140. The number of carbonyl (C=O) groups is 12. The van der Waals surface area contributed by atoms with Crippen LogP contribution in [0.2, 0.25) is 0 Å². The summed E-state index contributed by atoms with van der Waals surface area (Å²) in [5.41, 5.74) is -1.68.